The fraction of sp³-hybridized carbons (Fsp3) is 0.107. The van der Waals surface area contributed by atoms with Crippen molar-refractivity contribution in [2.24, 2.45) is 4.99 Å². The van der Waals surface area contributed by atoms with Gasteiger partial charge in [-0.1, -0.05) is 59.7 Å². The lowest BCUT2D eigenvalue weighted by Crippen LogP contribution is -2.21. The highest BCUT2D eigenvalue weighted by Gasteiger charge is 2.17. The summed E-state index contributed by atoms with van der Waals surface area (Å²) in [5.74, 6) is 0.214. The molecule has 1 N–H and O–H groups in total. The zero-order valence-corrected chi connectivity index (χ0v) is 20.3. The Morgan fingerprint density at radius 3 is 2.43 bits per heavy atom. The van der Waals surface area contributed by atoms with E-state index in [9.17, 15) is 4.79 Å². The van der Waals surface area contributed by atoms with Gasteiger partial charge >= 0.3 is 0 Å². The van der Waals surface area contributed by atoms with Crippen molar-refractivity contribution < 1.29 is 13.9 Å². The van der Waals surface area contributed by atoms with Crippen LogP contribution in [-0.4, -0.2) is 18.0 Å². The van der Waals surface area contributed by atoms with Gasteiger partial charge in [-0.3, -0.25) is 10.1 Å². The summed E-state index contributed by atoms with van der Waals surface area (Å²) in [4.78, 5) is 22.6. The van der Waals surface area contributed by atoms with E-state index in [1.54, 1.807) is 13.2 Å². The molecule has 0 aliphatic heterocycles. The third kappa shape index (κ3) is 4.85. The van der Waals surface area contributed by atoms with Gasteiger partial charge in [0.1, 0.15) is 5.56 Å². The molecule has 0 aliphatic carbocycles. The average Bonchev–Trinajstić information content (AvgIpc) is 3.33. The summed E-state index contributed by atoms with van der Waals surface area (Å²) in [6, 6.07) is 23.1. The molecule has 5 aromatic rings. The van der Waals surface area contributed by atoms with E-state index in [1.165, 1.54) is 16.9 Å². The van der Waals surface area contributed by atoms with E-state index in [2.05, 4.69) is 15.3 Å². The Labute approximate surface area is 206 Å². The third-order valence-electron chi connectivity index (χ3n) is 5.54. The van der Waals surface area contributed by atoms with Crippen molar-refractivity contribution >= 4 is 39.0 Å². The van der Waals surface area contributed by atoms with Gasteiger partial charge in [0.15, 0.2) is 16.5 Å². The molecule has 0 radical (unpaired) electrons. The fourth-order valence-electron chi connectivity index (χ4n) is 3.62. The summed E-state index contributed by atoms with van der Waals surface area (Å²) in [6.07, 6.45) is 0. The molecule has 0 unspecified atom stereocenters. The normalized spacial score (nSPS) is 11.6. The Kier molecular flexibility index (Phi) is 6.16. The van der Waals surface area contributed by atoms with Crippen molar-refractivity contribution in [1.82, 2.24) is 4.98 Å². The molecule has 2 aromatic heterocycles. The van der Waals surface area contributed by atoms with Gasteiger partial charge in [0.05, 0.1) is 18.5 Å². The van der Waals surface area contributed by atoms with Crippen molar-refractivity contribution in [3.05, 3.63) is 100 Å². The van der Waals surface area contributed by atoms with E-state index in [1.807, 2.05) is 86.0 Å². The Morgan fingerprint density at radius 1 is 1.00 bits per heavy atom. The predicted octanol–water partition coefficient (Wildman–Crippen LogP) is 6.67. The van der Waals surface area contributed by atoms with E-state index >= 15 is 0 Å². The summed E-state index contributed by atoms with van der Waals surface area (Å²) in [5.41, 5.74) is 5.80. The monoisotopic (exact) mass is 481 g/mol. The van der Waals surface area contributed by atoms with Crippen LogP contribution in [0.5, 0.6) is 5.75 Å². The molecule has 2 heterocycles. The van der Waals surface area contributed by atoms with Gasteiger partial charge < -0.3 is 9.15 Å². The first-order chi connectivity index (χ1) is 17.0. The second-order valence-electron chi connectivity index (χ2n) is 8.15. The topological polar surface area (TPSA) is 76.7 Å². The number of amides is 1. The number of rotatable bonds is 5. The number of thiazole rings is 1. The number of carbonyl (C=O) groups is 1. The van der Waals surface area contributed by atoms with Crippen molar-refractivity contribution in [2.45, 2.75) is 13.8 Å². The molecule has 0 bridgehead atoms. The molecule has 1 amide bonds. The summed E-state index contributed by atoms with van der Waals surface area (Å²) >= 11 is 1.37. The second-order valence-corrected chi connectivity index (χ2v) is 9.01. The lowest BCUT2D eigenvalue weighted by molar-refractivity contribution is 0.102. The summed E-state index contributed by atoms with van der Waals surface area (Å²) in [6.45, 7) is 4.05. The lowest BCUT2D eigenvalue weighted by Gasteiger charge is -2.08. The number of nitrogens with zero attached hydrogens (tertiary/aromatic N) is 2. The molecule has 0 fully saturated rings. The molecule has 0 spiro atoms. The minimum Gasteiger partial charge on any atom is -0.493 e. The number of hydrogen-bond donors (Lipinski definition) is 1. The van der Waals surface area contributed by atoms with E-state index in [0.29, 0.717) is 27.7 Å². The number of hydrogen-bond acceptors (Lipinski definition) is 6. The number of methoxy groups -OCH3 is 1. The molecule has 6 nitrogen and oxygen atoms in total. The molecule has 7 heteroatoms. The Bertz CT molecular complexity index is 1580. The van der Waals surface area contributed by atoms with Crippen molar-refractivity contribution in [3.8, 4) is 17.0 Å². The zero-order valence-electron chi connectivity index (χ0n) is 19.5. The minimum atomic E-state index is -0.353. The zero-order chi connectivity index (χ0) is 24.4. The van der Waals surface area contributed by atoms with Crippen LogP contribution in [0.2, 0.25) is 0 Å². The van der Waals surface area contributed by atoms with Crippen LogP contribution in [-0.2, 0) is 0 Å². The van der Waals surface area contributed by atoms with Crippen molar-refractivity contribution in [2.75, 3.05) is 12.4 Å². The number of aromatic nitrogens is 1. The maximum absolute atomic E-state index is 13.4. The van der Waals surface area contributed by atoms with Crippen LogP contribution in [0.1, 0.15) is 21.5 Å². The van der Waals surface area contributed by atoms with E-state index < -0.39 is 0 Å². The molecular weight excluding hydrogens is 458 g/mol. The van der Waals surface area contributed by atoms with Crippen molar-refractivity contribution in [3.63, 3.8) is 0 Å². The fourth-order valence-corrected chi connectivity index (χ4v) is 4.33. The second kappa shape index (κ2) is 9.56. The smallest absolute Gasteiger partial charge is 0.262 e. The number of benzene rings is 3. The minimum absolute atomic E-state index is 0.193. The molecule has 0 aliphatic rings. The molecule has 35 heavy (non-hydrogen) atoms. The van der Waals surface area contributed by atoms with Crippen LogP contribution in [0.3, 0.4) is 0 Å². The van der Waals surface area contributed by atoms with Gasteiger partial charge in [-0.2, -0.15) is 0 Å². The van der Waals surface area contributed by atoms with Gasteiger partial charge in [-0.25, -0.2) is 9.98 Å². The molecule has 0 saturated carbocycles. The van der Waals surface area contributed by atoms with Crippen LogP contribution < -0.4 is 15.6 Å². The number of ether oxygens (including phenoxy) is 1. The van der Waals surface area contributed by atoms with Gasteiger partial charge in [0, 0.05) is 16.3 Å². The Balaban J connectivity index is 1.55. The first-order valence-corrected chi connectivity index (χ1v) is 11.9. The number of aryl methyl sites for hydroxylation is 2. The first kappa shape index (κ1) is 22.6. The Morgan fingerprint density at radius 2 is 1.71 bits per heavy atom. The SMILES string of the molecule is COc1cccc2cc(C(=O)Nc3nc(-c4ccc(C)cc4)cs3)c(=Nc3ccc(C)cc3)oc12. The maximum atomic E-state index is 13.4. The molecule has 3 aromatic carbocycles. The number of nitrogens with one attached hydrogen (secondary N) is 1. The van der Waals surface area contributed by atoms with E-state index in [-0.39, 0.29) is 11.5 Å². The van der Waals surface area contributed by atoms with Crippen LogP contribution >= 0.6 is 11.3 Å². The largest absolute Gasteiger partial charge is 0.493 e. The predicted molar refractivity (Wildman–Crippen MR) is 139 cm³/mol. The van der Waals surface area contributed by atoms with E-state index in [0.717, 1.165) is 22.2 Å². The standard InChI is InChI=1S/C28H23N3O3S/c1-17-7-11-19(12-8-17)23-16-35-28(30-23)31-26(32)22-15-20-5-4-6-24(33-3)25(20)34-27(22)29-21-13-9-18(2)10-14-21/h4-16H,1-3H3,(H,30,31,32). The van der Waals surface area contributed by atoms with Crippen LogP contribution in [0, 0.1) is 13.8 Å². The van der Waals surface area contributed by atoms with E-state index in [4.69, 9.17) is 9.15 Å². The highest BCUT2D eigenvalue weighted by Crippen LogP contribution is 2.27. The number of anilines is 1. The maximum Gasteiger partial charge on any atom is 0.262 e. The summed E-state index contributed by atoms with van der Waals surface area (Å²) in [5, 5.41) is 6.06. The first-order valence-electron chi connectivity index (χ1n) is 11.1. The molecule has 174 valence electrons. The number of para-hydroxylation sites is 1. The summed E-state index contributed by atoms with van der Waals surface area (Å²) in [7, 11) is 1.58. The molecule has 0 atom stereocenters. The van der Waals surface area contributed by atoms with Crippen LogP contribution in [0.4, 0.5) is 10.8 Å². The quantitative estimate of drug-likeness (QED) is 0.304. The highest BCUT2D eigenvalue weighted by atomic mass is 32.1. The molecule has 5 rings (SSSR count). The van der Waals surface area contributed by atoms with Gasteiger partial charge in [0.2, 0.25) is 5.55 Å². The lowest BCUT2D eigenvalue weighted by atomic mass is 10.1. The van der Waals surface area contributed by atoms with Gasteiger partial charge in [0.25, 0.3) is 5.91 Å². The summed E-state index contributed by atoms with van der Waals surface area (Å²) < 4.78 is 11.6. The van der Waals surface area contributed by atoms with Crippen molar-refractivity contribution in [1.29, 1.82) is 0 Å². The third-order valence-corrected chi connectivity index (χ3v) is 6.30. The number of carbonyl (C=O) groups excluding carboxylic acids is 1. The molecule has 0 saturated heterocycles. The van der Waals surface area contributed by atoms with Gasteiger partial charge in [-0.15, -0.1) is 11.3 Å². The van der Waals surface area contributed by atoms with Gasteiger partial charge in [-0.05, 0) is 38.1 Å². The molecular formula is C28H23N3O3S. The highest BCUT2D eigenvalue weighted by molar-refractivity contribution is 7.14. The Hall–Kier alpha value is -4.23. The number of fused-ring (bicyclic) bond motifs is 1. The van der Waals surface area contributed by atoms with Crippen LogP contribution in [0.25, 0.3) is 22.2 Å². The average molecular weight is 482 g/mol. The van der Waals surface area contributed by atoms with Crippen LogP contribution in [0.15, 0.2) is 87.6 Å².